The fraction of sp³-hybridized carbons (Fsp3) is 0.538. The second-order valence-corrected chi connectivity index (χ2v) is 7.17. The van der Waals surface area contributed by atoms with Gasteiger partial charge in [0.25, 0.3) is 0 Å². The van der Waals surface area contributed by atoms with Crippen LogP contribution in [0.15, 0.2) is 17.0 Å². The van der Waals surface area contributed by atoms with Gasteiger partial charge in [-0.05, 0) is 25.0 Å². The van der Waals surface area contributed by atoms with E-state index in [-0.39, 0.29) is 22.5 Å². The summed E-state index contributed by atoms with van der Waals surface area (Å²) in [6.07, 6.45) is 1.30. The van der Waals surface area contributed by atoms with E-state index in [4.69, 9.17) is 23.2 Å². The van der Waals surface area contributed by atoms with Gasteiger partial charge in [-0.3, -0.25) is 0 Å². The Morgan fingerprint density at radius 3 is 2.30 bits per heavy atom. The molecule has 7 heteroatoms. The highest BCUT2D eigenvalue weighted by Crippen LogP contribution is 2.28. The third-order valence-electron chi connectivity index (χ3n) is 3.34. The summed E-state index contributed by atoms with van der Waals surface area (Å²) in [5.74, 6) is -0.967. The molecule has 0 fully saturated rings. The Kier molecular flexibility index (Phi) is 6.25. The van der Waals surface area contributed by atoms with Crippen molar-refractivity contribution in [2.24, 2.45) is 0 Å². The molecule has 0 aromatic heterocycles. The SMILES string of the molecule is CCC(CC)N(C)S(=O)(=O)c1cc(Cl)cc(CCl)c1F. The Bertz CT molecular complexity index is 574. The fourth-order valence-corrected chi connectivity index (χ4v) is 4.19. The fourth-order valence-electron chi connectivity index (χ4n) is 2.06. The first-order chi connectivity index (χ1) is 9.29. The van der Waals surface area contributed by atoms with E-state index in [0.29, 0.717) is 12.8 Å². The lowest BCUT2D eigenvalue weighted by Crippen LogP contribution is -2.36. The van der Waals surface area contributed by atoms with Crippen LogP contribution < -0.4 is 0 Å². The number of rotatable bonds is 6. The van der Waals surface area contributed by atoms with Crippen molar-refractivity contribution in [3.63, 3.8) is 0 Å². The summed E-state index contributed by atoms with van der Waals surface area (Å²) in [6.45, 7) is 3.78. The third-order valence-corrected chi connectivity index (χ3v) is 5.75. The van der Waals surface area contributed by atoms with E-state index >= 15 is 0 Å². The van der Waals surface area contributed by atoms with E-state index in [1.165, 1.54) is 17.4 Å². The van der Waals surface area contributed by atoms with Gasteiger partial charge in [-0.25, -0.2) is 12.8 Å². The number of hydrogen-bond donors (Lipinski definition) is 0. The molecule has 0 heterocycles. The number of halogens is 3. The molecular formula is C13H18Cl2FNO2S. The lowest BCUT2D eigenvalue weighted by atomic mass is 10.2. The van der Waals surface area contributed by atoms with Crippen LogP contribution in [0.5, 0.6) is 0 Å². The molecule has 0 spiro atoms. The second kappa shape index (κ2) is 7.07. The summed E-state index contributed by atoms with van der Waals surface area (Å²) >= 11 is 11.5. The van der Waals surface area contributed by atoms with Crippen LogP contribution >= 0.6 is 23.2 Å². The monoisotopic (exact) mass is 341 g/mol. The van der Waals surface area contributed by atoms with Crippen molar-refractivity contribution in [1.82, 2.24) is 4.31 Å². The van der Waals surface area contributed by atoms with Gasteiger partial charge in [0, 0.05) is 23.7 Å². The summed E-state index contributed by atoms with van der Waals surface area (Å²) in [4.78, 5) is -0.421. The summed E-state index contributed by atoms with van der Waals surface area (Å²) in [6, 6.07) is 2.28. The van der Waals surface area contributed by atoms with Crippen molar-refractivity contribution in [3.05, 3.63) is 28.5 Å². The number of alkyl halides is 1. The molecule has 114 valence electrons. The quantitative estimate of drug-likeness (QED) is 0.732. The van der Waals surface area contributed by atoms with Gasteiger partial charge in [0.15, 0.2) is 0 Å². The van der Waals surface area contributed by atoms with E-state index in [0.717, 1.165) is 6.07 Å². The van der Waals surface area contributed by atoms with Crippen LogP contribution in [-0.2, 0) is 15.9 Å². The van der Waals surface area contributed by atoms with Crippen molar-refractivity contribution in [2.75, 3.05) is 7.05 Å². The van der Waals surface area contributed by atoms with E-state index < -0.39 is 20.7 Å². The summed E-state index contributed by atoms with van der Waals surface area (Å²) < 4.78 is 40.5. The first-order valence-electron chi connectivity index (χ1n) is 6.31. The summed E-state index contributed by atoms with van der Waals surface area (Å²) in [5, 5.41) is 0.151. The lowest BCUT2D eigenvalue weighted by Gasteiger charge is -2.26. The molecule has 0 saturated carbocycles. The van der Waals surface area contributed by atoms with Gasteiger partial charge >= 0.3 is 0 Å². The minimum Gasteiger partial charge on any atom is -0.207 e. The zero-order valence-electron chi connectivity index (χ0n) is 11.7. The van der Waals surface area contributed by atoms with Gasteiger partial charge in [0.05, 0.1) is 5.88 Å². The van der Waals surface area contributed by atoms with E-state index in [1.54, 1.807) is 0 Å². The molecule has 0 aliphatic heterocycles. The highest BCUT2D eigenvalue weighted by molar-refractivity contribution is 7.89. The van der Waals surface area contributed by atoms with Crippen LogP contribution in [0.25, 0.3) is 0 Å². The summed E-state index contributed by atoms with van der Waals surface area (Å²) in [5.41, 5.74) is 0.0793. The molecule has 0 aliphatic rings. The van der Waals surface area contributed by atoms with Crippen molar-refractivity contribution < 1.29 is 12.8 Å². The van der Waals surface area contributed by atoms with Gasteiger partial charge in [-0.1, -0.05) is 25.4 Å². The number of benzene rings is 1. The maximum atomic E-state index is 14.2. The van der Waals surface area contributed by atoms with Crippen LogP contribution in [0.3, 0.4) is 0 Å². The average molecular weight is 342 g/mol. The van der Waals surface area contributed by atoms with Gasteiger partial charge in [-0.2, -0.15) is 4.31 Å². The van der Waals surface area contributed by atoms with Gasteiger partial charge in [0.1, 0.15) is 10.7 Å². The molecule has 0 amide bonds. The lowest BCUT2D eigenvalue weighted by molar-refractivity contribution is 0.348. The van der Waals surface area contributed by atoms with Crippen molar-refractivity contribution in [1.29, 1.82) is 0 Å². The van der Waals surface area contributed by atoms with Crippen LogP contribution in [0, 0.1) is 5.82 Å². The van der Waals surface area contributed by atoms with Crippen LogP contribution in [-0.4, -0.2) is 25.8 Å². The Morgan fingerprint density at radius 2 is 1.85 bits per heavy atom. The van der Waals surface area contributed by atoms with Crippen LogP contribution in [0.1, 0.15) is 32.3 Å². The Labute approximate surface area is 129 Å². The maximum absolute atomic E-state index is 14.2. The third kappa shape index (κ3) is 3.45. The zero-order valence-corrected chi connectivity index (χ0v) is 14.0. The molecule has 3 nitrogen and oxygen atoms in total. The van der Waals surface area contributed by atoms with Crippen LogP contribution in [0.4, 0.5) is 4.39 Å². The minimum atomic E-state index is -3.93. The predicted octanol–water partition coefficient (Wildman–Crippen LogP) is 4.03. The molecule has 1 rings (SSSR count). The van der Waals surface area contributed by atoms with E-state index in [2.05, 4.69) is 0 Å². The second-order valence-electron chi connectivity index (χ2n) is 4.50. The van der Waals surface area contributed by atoms with Crippen molar-refractivity contribution >= 4 is 33.2 Å². The topological polar surface area (TPSA) is 37.4 Å². The highest BCUT2D eigenvalue weighted by atomic mass is 35.5. The van der Waals surface area contributed by atoms with Crippen LogP contribution in [0.2, 0.25) is 5.02 Å². The van der Waals surface area contributed by atoms with Gasteiger partial charge in [0.2, 0.25) is 10.0 Å². The molecule has 0 N–H and O–H groups in total. The molecule has 20 heavy (non-hydrogen) atoms. The summed E-state index contributed by atoms with van der Waals surface area (Å²) in [7, 11) is -2.48. The molecule has 0 unspecified atom stereocenters. The first-order valence-corrected chi connectivity index (χ1v) is 8.66. The molecule has 0 radical (unpaired) electrons. The van der Waals surface area contributed by atoms with Gasteiger partial charge in [-0.15, -0.1) is 11.6 Å². The van der Waals surface area contributed by atoms with E-state index in [9.17, 15) is 12.8 Å². The predicted molar refractivity (Wildman–Crippen MR) is 80.3 cm³/mol. The average Bonchev–Trinajstić information content (AvgIpc) is 2.41. The van der Waals surface area contributed by atoms with Crippen molar-refractivity contribution in [3.8, 4) is 0 Å². The molecule has 0 atom stereocenters. The largest absolute Gasteiger partial charge is 0.246 e. The smallest absolute Gasteiger partial charge is 0.207 e. The normalized spacial score (nSPS) is 12.4. The molecule has 0 saturated heterocycles. The van der Waals surface area contributed by atoms with E-state index in [1.807, 2.05) is 13.8 Å². The standard InChI is InChI=1S/C13H18Cl2FNO2S/c1-4-11(5-2)17(3)20(18,19)12-7-10(15)6-9(8-14)13(12)16/h6-7,11H,4-5,8H2,1-3H3. The number of hydrogen-bond acceptors (Lipinski definition) is 2. The minimum absolute atomic E-state index is 0.0793. The number of nitrogens with zero attached hydrogens (tertiary/aromatic N) is 1. The zero-order chi connectivity index (χ0) is 15.5. The van der Waals surface area contributed by atoms with Gasteiger partial charge < -0.3 is 0 Å². The molecule has 1 aromatic rings. The molecule has 0 bridgehead atoms. The molecule has 1 aromatic carbocycles. The van der Waals surface area contributed by atoms with Crippen molar-refractivity contribution in [2.45, 2.75) is 43.5 Å². The molecule has 0 aliphatic carbocycles. The Balaban J connectivity index is 3.39. The Hall–Kier alpha value is -0.360. The molecular weight excluding hydrogens is 324 g/mol. The first kappa shape index (κ1) is 17.7. The Morgan fingerprint density at radius 1 is 1.30 bits per heavy atom. The maximum Gasteiger partial charge on any atom is 0.246 e. The number of sulfonamides is 1. The highest BCUT2D eigenvalue weighted by Gasteiger charge is 2.30.